The molecule has 1 atom stereocenters. The maximum Gasteiger partial charge on any atom is 0.232 e. The van der Waals surface area contributed by atoms with E-state index in [4.69, 9.17) is 4.74 Å². The Hall–Kier alpha value is -3.05. The number of hydrogen-bond acceptors (Lipinski definition) is 3. The number of nitrogens with one attached hydrogen (secondary N) is 2. The van der Waals surface area contributed by atoms with Crippen molar-refractivity contribution >= 4 is 11.6 Å². The highest BCUT2D eigenvalue weighted by Crippen LogP contribution is 2.38. The number of methoxy groups -OCH3 is 1. The lowest BCUT2D eigenvalue weighted by atomic mass is 9.92. The number of hydrogen-bond donors (Lipinski definition) is 2. The van der Waals surface area contributed by atoms with Gasteiger partial charge in [-0.25, -0.2) is 0 Å². The predicted octanol–water partition coefficient (Wildman–Crippen LogP) is 5.08. The molecular formula is C27H33N3O2. The van der Waals surface area contributed by atoms with Gasteiger partial charge in [-0.15, -0.1) is 0 Å². The Morgan fingerprint density at radius 2 is 1.75 bits per heavy atom. The Bertz CT molecular complexity index is 1110. The molecule has 4 rings (SSSR count). The van der Waals surface area contributed by atoms with E-state index in [-0.39, 0.29) is 11.8 Å². The van der Waals surface area contributed by atoms with E-state index in [9.17, 15) is 4.79 Å². The van der Waals surface area contributed by atoms with E-state index >= 15 is 0 Å². The second kappa shape index (κ2) is 9.21. The number of aromatic amines is 1. The van der Waals surface area contributed by atoms with E-state index in [0.29, 0.717) is 6.42 Å². The maximum atomic E-state index is 12.9. The average Bonchev–Trinajstić information content (AvgIpc) is 3.23. The molecule has 32 heavy (non-hydrogen) atoms. The Morgan fingerprint density at radius 3 is 2.44 bits per heavy atom. The highest BCUT2D eigenvalue weighted by atomic mass is 16.5. The summed E-state index contributed by atoms with van der Waals surface area (Å²) in [6.45, 7) is 5.41. The molecule has 1 aliphatic rings. The second-order valence-corrected chi connectivity index (χ2v) is 9.02. The molecule has 2 aromatic carbocycles. The van der Waals surface area contributed by atoms with Crippen LogP contribution in [0.15, 0.2) is 42.5 Å². The molecule has 1 amide bonds. The molecule has 5 nitrogen and oxygen atoms in total. The van der Waals surface area contributed by atoms with Crippen LogP contribution in [0.4, 0.5) is 5.69 Å². The summed E-state index contributed by atoms with van der Waals surface area (Å²) < 4.78 is 5.25. The fourth-order valence-corrected chi connectivity index (χ4v) is 4.71. The van der Waals surface area contributed by atoms with Crippen LogP contribution >= 0.6 is 0 Å². The Balaban J connectivity index is 1.54. The molecule has 168 valence electrons. The summed E-state index contributed by atoms with van der Waals surface area (Å²) >= 11 is 0. The first-order valence-electron chi connectivity index (χ1n) is 11.3. The number of H-pyrrole nitrogens is 1. The van der Waals surface area contributed by atoms with Crippen molar-refractivity contribution in [3.63, 3.8) is 0 Å². The fourth-order valence-electron chi connectivity index (χ4n) is 4.71. The van der Waals surface area contributed by atoms with E-state index in [2.05, 4.69) is 61.3 Å². The fraction of sp³-hybridized carbons (Fsp3) is 0.370. The Kier molecular flexibility index (Phi) is 6.38. The minimum atomic E-state index is -0.165. The summed E-state index contributed by atoms with van der Waals surface area (Å²) in [7, 11) is 5.89. The van der Waals surface area contributed by atoms with E-state index in [1.165, 1.54) is 22.5 Å². The number of fused-ring (bicyclic) bond motifs is 1. The Morgan fingerprint density at radius 1 is 1.03 bits per heavy atom. The first-order valence-corrected chi connectivity index (χ1v) is 11.3. The number of aryl methyl sites for hydroxylation is 1. The summed E-state index contributed by atoms with van der Waals surface area (Å²) in [5.41, 5.74) is 9.28. The van der Waals surface area contributed by atoms with Gasteiger partial charge in [0.1, 0.15) is 5.75 Å². The van der Waals surface area contributed by atoms with Gasteiger partial charge in [-0.05, 0) is 93.3 Å². The zero-order valence-electron chi connectivity index (χ0n) is 19.7. The number of benzene rings is 2. The molecule has 0 saturated heterocycles. The highest BCUT2D eigenvalue weighted by molar-refractivity contribution is 6.03. The third-order valence-electron chi connectivity index (χ3n) is 6.56. The zero-order chi connectivity index (χ0) is 22.8. The van der Waals surface area contributed by atoms with E-state index in [0.717, 1.165) is 47.5 Å². The molecule has 0 spiro atoms. The minimum Gasteiger partial charge on any atom is -0.497 e. The van der Waals surface area contributed by atoms with Crippen LogP contribution in [-0.2, 0) is 17.6 Å². The number of carbonyl (C=O) groups excluding carboxylic acids is 1. The average molecular weight is 432 g/mol. The normalized spacial score (nSPS) is 15.2. The molecule has 2 N–H and O–H groups in total. The topological polar surface area (TPSA) is 57.4 Å². The maximum absolute atomic E-state index is 12.9. The highest BCUT2D eigenvalue weighted by Gasteiger charge is 2.32. The van der Waals surface area contributed by atoms with Crippen LogP contribution in [0.3, 0.4) is 0 Å². The lowest BCUT2D eigenvalue weighted by molar-refractivity contribution is -0.117. The van der Waals surface area contributed by atoms with Crippen molar-refractivity contribution in [1.29, 1.82) is 0 Å². The molecular weight excluding hydrogens is 398 g/mol. The summed E-state index contributed by atoms with van der Waals surface area (Å²) in [5.74, 6) is 0.745. The number of amides is 1. The molecule has 0 radical (unpaired) electrons. The third-order valence-corrected chi connectivity index (χ3v) is 6.56. The van der Waals surface area contributed by atoms with Gasteiger partial charge in [0.25, 0.3) is 0 Å². The van der Waals surface area contributed by atoms with Crippen molar-refractivity contribution in [1.82, 2.24) is 9.88 Å². The van der Waals surface area contributed by atoms with Gasteiger partial charge in [0.2, 0.25) is 5.91 Å². The number of rotatable bonds is 8. The first-order chi connectivity index (χ1) is 15.4. The molecule has 0 bridgehead atoms. The minimum absolute atomic E-state index is 0.0766. The van der Waals surface area contributed by atoms with Gasteiger partial charge < -0.3 is 19.9 Å². The molecule has 1 aromatic heterocycles. The van der Waals surface area contributed by atoms with Gasteiger partial charge in [-0.3, -0.25) is 4.79 Å². The van der Waals surface area contributed by atoms with Crippen LogP contribution in [0.25, 0.3) is 11.1 Å². The summed E-state index contributed by atoms with van der Waals surface area (Å²) in [4.78, 5) is 18.7. The van der Waals surface area contributed by atoms with Crippen molar-refractivity contribution in [3.05, 3.63) is 70.5 Å². The molecule has 0 aliphatic carbocycles. The number of anilines is 1. The first kappa shape index (κ1) is 22.2. The molecule has 1 aliphatic heterocycles. The van der Waals surface area contributed by atoms with Crippen LogP contribution in [0.1, 0.15) is 40.4 Å². The van der Waals surface area contributed by atoms with Gasteiger partial charge in [0.05, 0.1) is 13.0 Å². The molecule has 0 saturated carbocycles. The SMILES string of the molecule is COc1ccc(-c2ccc3c(c2)NC(=O)C3Cc2[nH]c(C)c(CCCN(C)C)c2C)cc1. The number of carbonyl (C=O) groups is 1. The molecule has 0 fully saturated rings. The lowest BCUT2D eigenvalue weighted by Crippen LogP contribution is -2.15. The summed E-state index contributed by atoms with van der Waals surface area (Å²) in [6, 6.07) is 14.3. The Labute approximate surface area is 190 Å². The van der Waals surface area contributed by atoms with Crippen molar-refractivity contribution in [2.24, 2.45) is 0 Å². The van der Waals surface area contributed by atoms with E-state index < -0.39 is 0 Å². The predicted molar refractivity (Wildman–Crippen MR) is 131 cm³/mol. The van der Waals surface area contributed by atoms with Crippen LogP contribution in [-0.4, -0.2) is 43.5 Å². The van der Waals surface area contributed by atoms with Crippen LogP contribution in [0.2, 0.25) is 0 Å². The number of ether oxygens (including phenoxy) is 1. The quantitative estimate of drug-likeness (QED) is 0.523. The van der Waals surface area contributed by atoms with Crippen molar-refractivity contribution in [2.75, 3.05) is 33.1 Å². The number of nitrogens with zero attached hydrogens (tertiary/aromatic N) is 1. The molecule has 3 aromatic rings. The monoisotopic (exact) mass is 431 g/mol. The smallest absolute Gasteiger partial charge is 0.232 e. The standard InChI is InChI=1S/C27H33N3O2/c1-17-22(7-6-14-30(3)4)18(2)28-25(17)16-24-23-13-10-20(15-26(23)29-27(24)31)19-8-11-21(32-5)12-9-19/h8-13,15,24,28H,6-7,14,16H2,1-5H3,(H,29,31). The van der Waals surface area contributed by atoms with Crippen LogP contribution in [0.5, 0.6) is 5.75 Å². The van der Waals surface area contributed by atoms with Gasteiger partial charge in [0, 0.05) is 23.5 Å². The van der Waals surface area contributed by atoms with E-state index in [1.54, 1.807) is 7.11 Å². The van der Waals surface area contributed by atoms with Crippen molar-refractivity contribution in [3.8, 4) is 16.9 Å². The van der Waals surface area contributed by atoms with Crippen LogP contribution in [0, 0.1) is 13.8 Å². The number of aromatic nitrogens is 1. The molecule has 5 heteroatoms. The second-order valence-electron chi connectivity index (χ2n) is 9.02. The van der Waals surface area contributed by atoms with Gasteiger partial charge in [0.15, 0.2) is 0 Å². The largest absolute Gasteiger partial charge is 0.497 e. The van der Waals surface area contributed by atoms with Gasteiger partial charge in [-0.1, -0.05) is 24.3 Å². The van der Waals surface area contributed by atoms with Gasteiger partial charge in [-0.2, -0.15) is 0 Å². The van der Waals surface area contributed by atoms with Crippen LogP contribution < -0.4 is 10.1 Å². The van der Waals surface area contributed by atoms with E-state index in [1.807, 2.05) is 24.3 Å². The van der Waals surface area contributed by atoms with Gasteiger partial charge >= 0.3 is 0 Å². The summed E-state index contributed by atoms with van der Waals surface area (Å²) in [5, 5.41) is 3.11. The summed E-state index contributed by atoms with van der Waals surface area (Å²) in [6.07, 6.45) is 2.89. The molecule has 2 heterocycles. The lowest BCUT2D eigenvalue weighted by Gasteiger charge is -2.11. The van der Waals surface area contributed by atoms with Crippen molar-refractivity contribution < 1.29 is 9.53 Å². The zero-order valence-corrected chi connectivity index (χ0v) is 19.7. The molecule has 1 unspecified atom stereocenters. The third kappa shape index (κ3) is 4.44. The van der Waals surface area contributed by atoms with Crippen molar-refractivity contribution in [2.45, 2.75) is 39.0 Å².